The number of hydrogen-bond acceptors (Lipinski definition) is 5. The van der Waals surface area contributed by atoms with Crippen LogP contribution in [0.15, 0.2) is 30.9 Å². The number of alkyl halides is 3. The summed E-state index contributed by atoms with van der Waals surface area (Å²) < 4.78 is 52.5. The number of nitrogens with one attached hydrogen (secondary N) is 2. The summed E-state index contributed by atoms with van der Waals surface area (Å²) in [5.74, 6) is -0.498. The number of H-pyrrole nitrogens is 1. The van der Waals surface area contributed by atoms with Crippen molar-refractivity contribution in [1.82, 2.24) is 24.3 Å². The molecule has 0 aliphatic heterocycles. The number of hydrogen-bond donors (Lipinski definition) is 3. The monoisotopic (exact) mass is 394 g/mol. The summed E-state index contributed by atoms with van der Waals surface area (Å²) in [5.41, 5.74) is 2.04. The molecule has 146 valence electrons. The third-order valence-corrected chi connectivity index (χ3v) is 4.23. The van der Waals surface area contributed by atoms with Crippen molar-refractivity contribution < 1.29 is 22.7 Å². The Morgan fingerprint density at radius 1 is 1.21 bits per heavy atom. The highest BCUT2D eigenvalue weighted by molar-refractivity contribution is 5.93. The van der Waals surface area contributed by atoms with Gasteiger partial charge in [0, 0.05) is 41.6 Å². The topological polar surface area (TPSA) is 91.1 Å². The van der Waals surface area contributed by atoms with Gasteiger partial charge in [0.25, 0.3) is 0 Å². The van der Waals surface area contributed by atoms with Crippen LogP contribution in [0.2, 0.25) is 0 Å². The van der Waals surface area contributed by atoms with Gasteiger partial charge >= 0.3 is 6.18 Å². The van der Waals surface area contributed by atoms with E-state index < -0.39 is 18.4 Å². The number of aliphatic hydroxyl groups is 1. The van der Waals surface area contributed by atoms with E-state index in [0.717, 1.165) is 0 Å². The molecular weight excluding hydrogens is 380 g/mol. The average Bonchev–Trinajstić information content (AvgIpc) is 3.24. The summed E-state index contributed by atoms with van der Waals surface area (Å²) in [6.45, 7) is -0.636. The van der Waals surface area contributed by atoms with Gasteiger partial charge in [-0.2, -0.15) is 18.2 Å². The third-order valence-electron chi connectivity index (χ3n) is 4.23. The molecule has 0 radical (unpaired) electrons. The van der Waals surface area contributed by atoms with Crippen LogP contribution >= 0.6 is 0 Å². The van der Waals surface area contributed by atoms with E-state index in [1.54, 1.807) is 12.4 Å². The Morgan fingerprint density at radius 2 is 2.04 bits per heavy atom. The Morgan fingerprint density at radius 3 is 2.79 bits per heavy atom. The molecule has 0 saturated heterocycles. The molecule has 0 unspecified atom stereocenters. The quantitative estimate of drug-likeness (QED) is 0.452. The highest BCUT2D eigenvalue weighted by Gasteiger charge is 2.26. The van der Waals surface area contributed by atoms with Crippen molar-refractivity contribution in [3.63, 3.8) is 0 Å². The van der Waals surface area contributed by atoms with Crippen LogP contribution in [0.1, 0.15) is 12.1 Å². The molecule has 0 amide bonds. The normalized spacial score (nSPS) is 12.2. The van der Waals surface area contributed by atoms with Crippen LogP contribution in [0.3, 0.4) is 0 Å². The predicted octanol–water partition coefficient (Wildman–Crippen LogP) is 3.27. The highest BCUT2D eigenvalue weighted by atomic mass is 19.4. The third kappa shape index (κ3) is 3.36. The molecule has 7 nitrogen and oxygen atoms in total. The summed E-state index contributed by atoms with van der Waals surface area (Å²) in [4.78, 5) is 15.0. The zero-order chi connectivity index (χ0) is 19.9. The molecule has 0 bridgehead atoms. The summed E-state index contributed by atoms with van der Waals surface area (Å²) in [5, 5.41) is 12.5. The van der Waals surface area contributed by atoms with Crippen LogP contribution < -0.4 is 5.32 Å². The molecule has 0 saturated carbocycles. The lowest BCUT2D eigenvalue weighted by Gasteiger charge is -2.07. The summed E-state index contributed by atoms with van der Waals surface area (Å²) >= 11 is 0. The smallest absolute Gasteiger partial charge is 0.390 e. The maximum absolute atomic E-state index is 14.4. The van der Waals surface area contributed by atoms with Gasteiger partial charge in [0.05, 0.1) is 24.9 Å². The van der Waals surface area contributed by atoms with Crippen LogP contribution in [0, 0.1) is 5.82 Å². The second kappa shape index (κ2) is 6.75. The van der Waals surface area contributed by atoms with Gasteiger partial charge in [-0.15, -0.1) is 0 Å². The summed E-state index contributed by atoms with van der Waals surface area (Å²) in [7, 11) is 0. The maximum Gasteiger partial charge on any atom is 0.390 e. The second-order valence-corrected chi connectivity index (χ2v) is 6.13. The van der Waals surface area contributed by atoms with Crippen molar-refractivity contribution in [3.8, 4) is 11.1 Å². The largest absolute Gasteiger partial charge is 0.390 e. The van der Waals surface area contributed by atoms with Crippen LogP contribution in [0.25, 0.3) is 27.8 Å². The molecule has 0 spiro atoms. The molecule has 4 aromatic heterocycles. The molecule has 0 aromatic carbocycles. The van der Waals surface area contributed by atoms with Crippen molar-refractivity contribution in [2.75, 3.05) is 11.9 Å². The van der Waals surface area contributed by atoms with E-state index >= 15 is 0 Å². The minimum atomic E-state index is -4.26. The molecule has 4 rings (SSSR count). The highest BCUT2D eigenvalue weighted by Crippen LogP contribution is 2.29. The van der Waals surface area contributed by atoms with Gasteiger partial charge in [-0.25, -0.2) is 14.4 Å². The van der Waals surface area contributed by atoms with Crippen molar-refractivity contribution >= 4 is 22.6 Å². The molecule has 11 heteroatoms. The number of fused-ring (bicyclic) bond motifs is 2. The number of rotatable bonds is 5. The molecule has 28 heavy (non-hydrogen) atoms. The lowest BCUT2D eigenvalue weighted by Crippen LogP contribution is -2.15. The van der Waals surface area contributed by atoms with Gasteiger partial charge in [0.1, 0.15) is 5.65 Å². The fraction of sp³-hybridized carbons (Fsp3) is 0.235. The van der Waals surface area contributed by atoms with Crippen LogP contribution in [-0.4, -0.2) is 42.2 Å². The van der Waals surface area contributed by atoms with E-state index in [0.29, 0.717) is 27.9 Å². The first kappa shape index (κ1) is 18.2. The Kier molecular flexibility index (Phi) is 4.38. The Bertz CT molecular complexity index is 1150. The zero-order valence-corrected chi connectivity index (χ0v) is 14.3. The van der Waals surface area contributed by atoms with Gasteiger partial charge in [0.15, 0.2) is 11.5 Å². The van der Waals surface area contributed by atoms with Crippen LogP contribution in [-0.2, 0) is 6.61 Å². The van der Waals surface area contributed by atoms with E-state index in [1.807, 2.05) is 0 Å². The van der Waals surface area contributed by atoms with E-state index in [2.05, 4.69) is 25.3 Å². The summed E-state index contributed by atoms with van der Waals surface area (Å²) in [6.07, 6.45) is 0.818. The fourth-order valence-corrected chi connectivity index (χ4v) is 2.91. The van der Waals surface area contributed by atoms with Gasteiger partial charge in [-0.1, -0.05) is 0 Å². The number of imidazole rings is 1. The number of anilines is 1. The van der Waals surface area contributed by atoms with Gasteiger partial charge < -0.3 is 15.4 Å². The first-order valence-electron chi connectivity index (χ1n) is 8.27. The number of nitrogens with zero attached hydrogens (tertiary/aromatic N) is 4. The Labute approximate surface area is 155 Å². The van der Waals surface area contributed by atoms with Crippen molar-refractivity contribution in [3.05, 3.63) is 42.4 Å². The van der Waals surface area contributed by atoms with E-state index in [9.17, 15) is 22.7 Å². The van der Waals surface area contributed by atoms with E-state index in [4.69, 9.17) is 0 Å². The molecule has 4 heterocycles. The number of pyridine rings is 1. The standard InChI is InChI=1S/C17H14F4N6O/c18-13-3-9(7-27-10(8-28)4-24-15(13)27)11-5-23-14-12(11)6-25-16(26-14)22-2-1-17(19,20)21/h3-7,28H,1-2,8H2,(H2,22,23,25,26). The minimum absolute atomic E-state index is 0.0592. The van der Waals surface area contributed by atoms with Crippen molar-refractivity contribution in [1.29, 1.82) is 0 Å². The summed E-state index contributed by atoms with van der Waals surface area (Å²) in [6, 6.07) is 1.31. The molecule has 0 aliphatic carbocycles. The van der Waals surface area contributed by atoms with Gasteiger partial charge in [-0.05, 0) is 6.07 Å². The van der Waals surface area contributed by atoms with E-state index in [1.165, 1.54) is 22.9 Å². The SMILES string of the molecule is OCc1cnc2c(F)cc(-c3c[nH]c4nc(NCCC(F)(F)F)ncc34)cn12. The maximum atomic E-state index is 14.4. The zero-order valence-electron chi connectivity index (χ0n) is 14.3. The van der Waals surface area contributed by atoms with Gasteiger partial charge in [0.2, 0.25) is 5.95 Å². The first-order chi connectivity index (χ1) is 13.4. The molecule has 3 N–H and O–H groups in total. The number of aromatic nitrogens is 5. The van der Waals surface area contributed by atoms with Crippen molar-refractivity contribution in [2.24, 2.45) is 0 Å². The molecular formula is C17H14F4N6O. The second-order valence-electron chi connectivity index (χ2n) is 6.13. The average molecular weight is 394 g/mol. The van der Waals surface area contributed by atoms with Gasteiger partial charge in [-0.3, -0.25) is 4.40 Å². The number of aromatic amines is 1. The lowest BCUT2D eigenvalue weighted by molar-refractivity contribution is -0.131. The molecule has 4 aromatic rings. The van der Waals surface area contributed by atoms with E-state index in [-0.39, 0.29) is 24.7 Å². The van der Waals surface area contributed by atoms with Crippen LogP contribution in [0.4, 0.5) is 23.5 Å². The van der Waals surface area contributed by atoms with Crippen LogP contribution in [0.5, 0.6) is 0 Å². The minimum Gasteiger partial charge on any atom is -0.390 e. The Hall–Kier alpha value is -3.21. The fourth-order valence-electron chi connectivity index (χ4n) is 2.91. The molecule has 0 aliphatic rings. The number of aliphatic hydroxyl groups excluding tert-OH is 1. The predicted molar refractivity (Wildman–Crippen MR) is 93.1 cm³/mol. The Balaban J connectivity index is 1.67. The number of halogens is 4. The lowest BCUT2D eigenvalue weighted by atomic mass is 10.1. The first-order valence-corrected chi connectivity index (χ1v) is 8.27. The van der Waals surface area contributed by atoms with Crippen molar-refractivity contribution in [2.45, 2.75) is 19.2 Å². The molecule has 0 fully saturated rings. The molecule has 0 atom stereocenters.